The molecule has 0 fully saturated rings. The van der Waals surface area contributed by atoms with Gasteiger partial charge >= 0.3 is 0 Å². The predicted octanol–water partition coefficient (Wildman–Crippen LogP) is 11.4. The zero-order valence-electron chi connectivity index (χ0n) is 26.1. The zero-order chi connectivity index (χ0) is 31.3. The maximum atomic E-state index is 5.10. The molecule has 222 valence electrons. The minimum atomic E-state index is 0.830. The topological polar surface area (TPSA) is 30.7 Å². The molecule has 2 heterocycles. The van der Waals surface area contributed by atoms with Crippen LogP contribution < -0.4 is 0 Å². The van der Waals surface area contributed by atoms with Gasteiger partial charge in [-0.2, -0.15) is 0 Å². The summed E-state index contributed by atoms with van der Waals surface area (Å²) in [7, 11) is 0. The van der Waals surface area contributed by atoms with Crippen molar-refractivity contribution in [2.75, 3.05) is 0 Å². The Kier molecular flexibility index (Phi) is 6.43. The molecule has 9 aromatic rings. The van der Waals surface area contributed by atoms with E-state index in [4.69, 9.17) is 9.97 Å². The number of pyridine rings is 1. The summed E-state index contributed by atoms with van der Waals surface area (Å²) in [6.07, 6.45) is 2.75. The summed E-state index contributed by atoms with van der Waals surface area (Å²) in [5.74, 6) is 1.04. The average Bonchev–Trinajstić information content (AvgIpc) is 3.52. The highest BCUT2D eigenvalue weighted by Crippen LogP contribution is 2.46. The number of imidazole rings is 1. The predicted molar refractivity (Wildman–Crippen MR) is 197 cm³/mol. The maximum absolute atomic E-state index is 5.10. The van der Waals surface area contributed by atoms with Gasteiger partial charge in [-0.1, -0.05) is 122 Å². The third-order valence-corrected chi connectivity index (χ3v) is 9.40. The fourth-order valence-corrected chi connectivity index (χ4v) is 7.33. The molecule has 3 nitrogen and oxygen atoms in total. The van der Waals surface area contributed by atoms with Gasteiger partial charge in [0, 0.05) is 23.6 Å². The molecule has 0 saturated heterocycles. The molecule has 0 amide bonds. The Morgan fingerprint density at radius 1 is 0.511 bits per heavy atom. The summed E-state index contributed by atoms with van der Waals surface area (Å²) in [5, 5.41) is 5.99. The minimum Gasteiger partial charge on any atom is -0.296 e. The van der Waals surface area contributed by atoms with Gasteiger partial charge in [-0.15, -0.1) is 0 Å². The van der Waals surface area contributed by atoms with Crippen LogP contribution in [0.5, 0.6) is 0 Å². The van der Waals surface area contributed by atoms with Crippen molar-refractivity contribution in [1.29, 1.82) is 0 Å². The maximum Gasteiger partial charge on any atom is 0.114 e. The Hall–Kier alpha value is -6.06. The SMILES string of the molecule is CCc1nc2ccccc2n1-c1ccc(-c2c3ccccc3c(-c3ccccc3)c3ccc(-c4ccccc4)cc23)c2ncccc12. The number of hydrogen-bond acceptors (Lipinski definition) is 2. The number of nitrogens with zero attached hydrogens (tertiary/aromatic N) is 3. The molecular weight excluding hydrogens is 571 g/mol. The van der Waals surface area contributed by atoms with Crippen LogP contribution in [0.1, 0.15) is 12.7 Å². The summed E-state index contributed by atoms with van der Waals surface area (Å²) in [5.41, 5.74) is 11.4. The van der Waals surface area contributed by atoms with E-state index in [1.54, 1.807) is 0 Å². The van der Waals surface area contributed by atoms with E-state index in [0.29, 0.717) is 0 Å². The van der Waals surface area contributed by atoms with Gasteiger partial charge in [0.25, 0.3) is 0 Å². The Labute approximate surface area is 273 Å². The van der Waals surface area contributed by atoms with Crippen molar-refractivity contribution < 1.29 is 0 Å². The molecule has 0 aliphatic heterocycles. The normalized spacial score (nSPS) is 11.6. The highest BCUT2D eigenvalue weighted by molar-refractivity contribution is 6.24. The molecule has 0 spiro atoms. The lowest BCUT2D eigenvalue weighted by Gasteiger charge is -2.20. The Morgan fingerprint density at radius 3 is 1.96 bits per heavy atom. The molecule has 0 saturated carbocycles. The van der Waals surface area contributed by atoms with Gasteiger partial charge in [-0.05, 0) is 85.8 Å². The van der Waals surface area contributed by atoms with Crippen LogP contribution in [-0.2, 0) is 6.42 Å². The summed E-state index contributed by atoms with van der Waals surface area (Å²) in [6, 6.07) is 54.4. The van der Waals surface area contributed by atoms with Gasteiger partial charge in [-0.25, -0.2) is 4.98 Å². The molecular formula is C44H31N3. The van der Waals surface area contributed by atoms with Gasteiger partial charge in [-0.3, -0.25) is 9.55 Å². The molecule has 3 heteroatoms. The lowest BCUT2D eigenvalue weighted by molar-refractivity contribution is 0.912. The van der Waals surface area contributed by atoms with E-state index in [1.807, 2.05) is 12.3 Å². The minimum absolute atomic E-state index is 0.830. The average molecular weight is 602 g/mol. The first-order valence-corrected chi connectivity index (χ1v) is 16.2. The molecule has 0 aliphatic rings. The van der Waals surface area contributed by atoms with E-state index in [0.717, 1.165) is 45.4 Å². The highest BCUT2D eigenvalue weighted by Gasteiger charge is 2.21. The largest absolute Gasteiger partial charge is 0.296 e. The third kappa shape index (κ3) is 4.35. The van der Waals surface area contributed by atoms with Crippen LogP contribution in [0.15, 0.2) is 158 Å². The molecule has 0 atom stereocenters. The van der Waals surface area contributed by atoms with Crippen LogP contribution >= 0.6 is 0 Å². The smallest absolute Gasteiger partial charge is 0.114 e. The first-order chi connectivity index (χ1) is 23.3. The van der Waals surface area contributed by atoms with Crippen molar-refractivity contribution in [3.8, 4) is 39.1 Å². The fourth-order valence-electron chi connectivity index (χ4n) is 7.33. The number of aromatic nitrogens is 3. The molecule has 0 unspecified atom stereocenters. The highest BCUT2D eigenvalue weighted by atomic mass is 15.1. The van der Waals surface area contributed by atoms with Crippen molar-refractivity contribution in [2.24, 2.45) is 0 Å². The van der Waals surface area contributed by atoms with Crippen LogP contribution in [0.25, 0.3) is 82.5 Å². The Morgan fingerprint density at radius 2 is 1.17 bits per heavy atom. The Bertz CT molecular complexity index is 2600. The fraction of sp³-hybridized carbons (Fsp3) is 0.0455. The molecule has 9 rings (SSSR count). The van der Waals surface area contributed by atoms with Gasteiger partial charge in [0.1, 0.15) is 5.82 Å². The van der Waals surface area contributed by atoms with Crippen LogP contribution in [0.4, 0.5) is 0 Å². The van der Waals surface area contributed by atoms with Crippen molar-refractivity contribution in [3.63, 3.8) is 0 Å². The van der Waals surface area contributed by atoms with Gasteiger partial charge in [0.2, 0.25) is 0 Å². The van der Waals surface area contributed by atoms with Gasteiger partial charge in [0.15, 0.2) is 0 Å². The Balaban J connectivity index is 1.41. The first-order valence-electron chi connectivity index (χ1n) is 16.2. The standard InChI is InChI=1S/C44H31N3/c1-2-41-46-38-21-11-12-22-40(38)47(41)39-26-25-36(44-35(39)20-13-27-45-44)43-33-19-10-9-18-32(33)42(30-16-7-4-8-17-30)34-24-23-31(28-37(34)43)29-14-5-3-6-15-29/h3-28H,2H2,1H3. The van der Waals surface area contributed by atoms with E-state index in [9.17, 15) is 0 Å². The number of rotatable bonds is 5. The van der Waals surface area contributed by atoms with E-state index in [-0.39, 0.29) is 0 Å². The van der Waals surface area contributed by atoms with Crippen LogP contribution in [-0.4, -0.2) is 14.5 Å². The summed E-state index contributed by atoms with van der Waals surface area (Å²) < 4.78 is 2.31. The van der Waals surface area contributed by atoms with Crippen molar-refractivity contribution in [1.82, 2.24) is 14.5 Å². The molecule has 0 bridgehead atoms. The number of para-hydroxylation sites is 2. The van der Waals surface area contributed by atoms with Crippen molar-refractivity contribution in [3.05, 3.63) is 164 Å². The van der Waals surface area contributed by atoms with Crippen LogP contribution in [0.2, 0.25) is 0 Å². The number of hydrogen-bond donors (Lipinski definition) is 0. The zero-order valence-corrected chi connectivity index (χ0v) is 26.1. The molecule has 7 aromatic carbocycles. The van der Waals surface area contributed by atoms with Crippen molar-refractivity contribution >= 4 is 43.5 Å². The van der Waals surface area contributed by atoms with Crippen LogP contribution in [0, 0.1) is 0 Å². The molecule has 0 radical (unpaired) electrons. The van der Waals surface area contributed by atoms with Gasteiger partial charge in [0.05, 0.1) is 22.2 Å². The number of aryl methyl sites for hydroxylation is 1. The second-order valence-electron chi connectivity index (χ2n) is 12.0. The summed E-state index contributed by atoms with van der Waals surface area (Å²) in [4.78, 5) is 10.1. The molecule has 0 aliphatic carbocycles. The molecule has 2 aromatic heterocycles. The van der Waals surface area contributed by atoms with E-state index < -0.39 is 0 Å². The van der Waals surface area contributed by atoms with E-state index in [1.165, 1.54) is 49.4 Å². The summed E-state index contributed by atoms with van der Waals surface area (Å²) >= 11 is 0. The van der Waals surface area contributed by atoms with Gasteiger partial charge < -0.3 is 0 Å². The second kappa shape index (κ2) is 11.1. The van der Waals surface area contributed by atoms with E-state index in [2.05, 4.69) is 157 Å². The lowest BCUT2D eigenvalue weighted by atomic mass is 9.84. The second-order valence-corrected chi connectivity index (χ2v) is 12.0. The number of benzene rings is 7. The molecule has 0 N–H and O–H groups in total. The van der Waals surface area contributed by atoms with E-state index >= 15 is 0 Å². The summed E-state index contributed by atoms with van der Waals surface area (Å²) in [6.45, 7) is 2.17. The monoisotopic (exact) mass is 601 g/mol. The number of fused-ring (bicyclic) bond motifs is 4. The lowest BCUT2D eigenvalue weighted by Crippen LogP contribution is -2.02. The quantitative estimate of drug-likeness (QED) is 0.184. The van der Waals surface area contributed by atoms with Crippen molar-refractivity contribution in [2.45, 2.75) is 13.3 Å². The van der Waals surface area contributed by atoms with Crippen LogP contribution in [0.3, 0.4) is 0 Å². The first kappa shape index (κ1) is 27.3. The third-order valence-electron chi connectivity index (χ3n) is 9.40. The molecule has 47 heavy (non-hydrogen) atoms.